The van der Waals surface area contributed by atoms with Crippen molar-refractivity contribution in [1.29, 1.82) is 0 Å². The minimum Gasteiger partial charge on any atom is -0.484 e. The molecule has 0 aliphatic carbocycles. The summed E-state index contributed by atoms with van der Waals surface area (Å²) in [5, 5.41) is 0. The van der Waals surface area contributed by atoms with Crippen molar-refractivity contribution in [3.8, 4) is 16.9 Å². The number of carbonyl (C=O) groups is 1. The first-order chi connectivity index (χ1) is 17.0. The number of halogens is 1. The predicted molar refractivity (Wildman–Crippen MR) is 143 cm³/mol. The highest BCUT2D eigenvalue weighted by atomic mass is 19.1. The molecule has 1 atom stereocenters. The van der Waals surface area contributed by atoms with Gasteiger partial charge in [-0.2, -0.15) is 0 Å². The highest BCUT2D eigenvalue weighted by Gasteiger charge is 2.13. The summed E-state index contributed by atoms with van der Waals surface area (Å²) < 4.78 is 25.7. The Labute approximate surface area is 212 Å². The zero-order chi connectivity index (χ0) is 25.3. The van der Waals surface area contributed by atoms with Crippen molar-refractivity contribution in [2.45, 2.75) is 110 Å². The fraction of sp³-hybridized carbons (Fsp3) is 0.581. The molecule has 0 aliphatic rings. The van der Waals surface area contributed by atoms with Crippen molar-refractivity contribution < 1.29 is 18.7 Å². The molecular formula is C31H45FO3. The maximum absolute atomic E-state index is 14.7. The second kappa shape index (κ2) is 17.1. The molecule has 4 heteroatoms. The average Bonchev–Trinajstić information content (AvgIpc) is 2.86. The molecule has 0 saturated carbocycles. The summed E-state index contributed by atoms with van der Waals surface area (Å²) in [6.45, 7) is 6.31. The molecule has 35 heavy (non-hydrogen) atoms. The maximum Gasteiger partial charge on any atom is 0.305 e. The Balaban J connectivity index is 1.76. The molecule has 0 spiro atoms. The van der Waals surface area contributed by atoms with E-state index in [2.05, 4.69) is 38.1 Å². The van der Waals surface area contributed by atoms with Gasteiger partial charge in [0.2, 0.25) is 0 Å². The van der Waals surface area contributed by atoms with Gasteiger partial charge in [-0.3, -0.25) is 4.79 Å². The summed E-state index contributed by atoms with van der Waals surface area (Å²) in [6.07, 6.45) is 14.3. The van der Waals surface area contributed by atoms with Crippen molar-refractivity contribution in [1.82, 2.24) is 0 Å². The summed E-state index contributed by atoms with van der Waals surface area (Å²) in [5.74, 6) is -0.447. The Bertz CT molecular complexity index is 847. The van der Waals surface area contributed by atoms with Crippen LogP contribution in [-0.2, 0) is 16.0 Å². The van der Waals surface area contributed by atoms with E-state index in [-0.39, 0.29) is 18.3 Å². The largest absolute Gasteiger partial charge is 0.484 e. The van der Waals surface area contributed by atoms with Crippen molar-refractivity contribution in [3.63, 3.8) is 0 Å². The van der Waals surface area contributed by atoms with Crippen LogP contribution < -0.4 is 4.74 Å². The molecule has 0 N–H and O–H groups in total. The molecule has 0 heterocycles. The van der Waals surface area contributed by atoms with E-state index >= 15 is 0 Å². The molecule has 0 aliphatic heterocycles. The monoisotopic (exact) mass is 484 g/mol. The molecule has 2 aromatic rings. The van der Waals surface area contributed by atoms with Gasteiger partial charge in [-0.05, 0) is 55.0 Å². The van der Waals surface area contributed by atoms with Crippen LogP contribution in [0.1, 0.15) is 103 Å². The predicted octanol–water partition coefficient (Wildman–Crippen LogP) is 9.07. The molecule has 0 aromatic heterocycles. The van der Waals surface area contributed by atoms with Gasteiger partial charge in [-0.1, -0.05) is 102 Å². The normalized spacial score (nSPS) is 11.9. The molecule has 2 aromatic carbocycles. The Morgan fingerprint density at radius 3 is 2.06 bits per heavy atom. The van der Waals surface area contributed by atoms with Crippen LogP contribution in [-0.4, -0.2) is 18.7 Å². The summed E-state index contributed by atoms with van der Waals surface area (Å²) in [4.78, 5) is 11.9. The topological polar surface area (TPSA) is 35.5 Å². The number of benzene rings is 2. The van der Waals surface area contributed by atoms with Crippen LogP contribution in [0.25, 0.3) is 11.1 Å². The summed E-state index contributed by atoms with van der Waals surface area (Å²) >= 11 is 0. The van der Waals surface area contributed by atoms with Crippen LogP contribution in [0.2, 0.25) is 0 Å². The Kier molecular flexibility index (Phi) is 14.1. The Morgan fingerprint density at radius 1 is 0.800 bits per heavy atom. The van der Waals surface area contributed by atoms with Crippen molar-refractivity contribution in [2.75, 3.05) is 6.61 Å². The van der Waals surface area contributed by atoms with Gasteiger partial charge in [-0.15, -0.1) is 0 Å². The van der Waals surface area contributed by atoms with Gasteiger partial charge in [0.1, 0.15) is 12.7 Å². The van der Waals surface area contributed by atoms with E-state index in [0.717, 1.165) is 36.8 Å². The summed E-state index contributed by atoms with van der Waals surface area (Å²) in [6, 6.07) is 13.4. The molecule has 0 fully saturated rings. The van der Waals surface area contributed by atoms with Gasteiger partial charge in [0.25, 0.3) is 0 Å². The average molecular weight is 485 g/mol. The van der Waals surface area contributed by atoms with E-state index in [1.807, 2.05) is 6.07 Å². The molecule has 194 valence electrons. The minimum atomic E-state index is -0.416. The third kappa shape index (κ3) is 11.7. The van der Waals surface area contributed by atoms with E-state index in [1.54, 1.807) is 13.0 Å². The molecular weight excluding hydrogens is 439 g/mol. The lowest BCUT2D eigenvalue weighted by Gasteiger charge is -2.16. The standard InChI is InChI=1S/C31H45FO3/c1-4-6-8-10-12-13-15-26-17-19-27(20-18-26)28-21-22-30(29(32)23-28)35-25(3)24-34-31(33)16-14-11-9-7-5-2/h17-23,25H,4-16,24H2,1-3H3. The van der Waals surface area contributed by atoms with E-state index in [4.69, 9.17) is 9.47 Å². The second-order valence-corrected chi connectivity index (χ2v) is 9.64. The van der Waals surface area contributed by atoms with Crippen molar-refractivity contribution in [3.05, 3.63) is 53.8 Å². The molecule has 3 nitrogen and oxygen atoms in total. The fourth-order valence-corrected chi connectivity index (χ4v) is 4.16. The maximum atomic E-state index is 14.7. The second-order valence-electron chi connectivity index (χ2n) is 9.64. The first kappa shape index (κ1) is 28.9. The number of aryl methyl sites for hydroxylation is 1. The molecule has 2 rings (SSSR count). The lowest BCUT2D eigenvalue weighted by molar-refractivity contribution is -0.146. The molecule has 0 amide bonds. The highest BCUT2D eigenvalue weighted by Crippen LogP contribution is 2.27. The number of carbonyl (C=O) groups excluding carboxylic acids is 1. The van der Waals surface area contributed by atoms with Crippen LogP contribution in [0.5, 0.6) is 5.75 Å². The zero-order valence-electron chi connectivity index (χ0n) is 22.1. The van der Waals surface area contributed by atoms with E-state index in [9.17, 15) is 9.18 Å². The smallest absolute Gasteiger partial charge is 0.305 e. The first-order valence-electron chi connectivity index (χ1n) is 13.7. The van der Waals surface area contributed by atoms with Crippen LogP contribution in [0, 0.1) is 5.82 Å². The van der Waals surface area contributed by atoms with Crippen LogP contribution in [0.3, 0.4) is 0 Å². The number of rotatable bonds is 18. The third-order valence-electron chi connectivity index (χ3n) is 6.33. The van der Waals surface area contributed by atoms with Gasteiger partial charge >= 0.3 is 5.97 Å². The molecule has 0 saturated heterocycles. The van der Waals surface area contributed by atoms with E-state index < -0.39 is 11.9 Å². The summed E-state index contributed by atoms with van der Waals surface area (Å²) in [7, 11) is 0. The Hall–Kier alpha value is -2.36. The quantitative estimate of drug-likeness (QED) is 0.156. The van der Waals surface area contributed by atoms with E-state index in [1.165, 1.54) is 63.0 Å². The van der Waals surface area contributed by atoms with Crippen LogP contribution >= 0.6 is 0 Å². The number of esters is 1. The van der Waals surface area contributed by atoms with Crippen LogP contribution in [0.4, 0.5) is 4.39 Å². The minimum absolute atomic E-state index is 0.120. The van der Waals surface area contributed by atoms with Gasteiger partial charge in [-0.25, -0.2) is 4.39 Å². The summed E-state index contributed by atoms with van der Waals surface area (Å²) in [5.41, 5.74) is 3.14. The van der Waals surface area contributed by atoms with Crippen LogP contribution in [0.15, 0.2) is 42.5 Å². The molecule has 0 bridgehead atoms. The number of unbranched alkanes of at least 4 members (excludes halogenated alkanes) is 9. The number of hydrogen-bond acceptors (Lipinski definition) is 3. The SMILES string of the molecule is CCCCCCCCc1ccc(-c2ccc(OC(C)COC(=O)CCCCCCC)c(F)c2)cc1. The third-order valence-corrected chi connectivity index (χ3v) is 6.33. The van der Waals surface area contributed by atoms with E-state index in [0.29, 0.717) is 6.42 Å². The lowest BCUT2D eigenvalue weighted by atomic mass is 10.0. The highest BCUT2D eigenvalue weighted by molar-refractivity contribution is 5.69. The van der Waals surface area contributed by atoms with Gasteiger partial charge < -0.3 is 9.47 Å². The first-order valence-corrected chi connectivity index (χ1v) is 13.7. The fourth-order valence-electron chi connectivity index (χ4n) is 4.16. The Morgan fingerprint density at radius 2 is 1.40 bits per heavy atom. The zero-order valence-corrected chi connectivity index (χ0v) is 22.1. The molecule has 0 radical (unpaired) electrons. The van der Waals surface area contributed by atoms with Gasteiger partial charge in [0.15, 0.2) is 11.6 Å². The lowest BCUT2D eigenvalue weighted by Crippen LogP contribution is -2.22. The van der Waals surface area contributed by atoms with Crippen molar-refractivity contribution in [2.24, 2.45) is 0 Å². The molecule has 1 unspecified atom stereocenters. The van der Waals surface area contributed by atoms with Gasteiger partial charge in [0, 0.05) is 6.42 Å². The number of hydrogen-bond donors (Lipinski definition) is 0. The van der Waals surface area contributed by atoms with Crippen molar-refractivity contribution >= 4 is 5.97 Å². The van der Waals surface area contributed by atoms with Gasteiger partial charge in [0.05, 0.1) is 0 Å². The number of ether oxygens (including phenoxy) is 2.